The minimum Gasteiger partial charge on any atom is -0.389 e. The van der Waals surface area contributed by atoms with Crippen LogP contribution in [0.25, 0.3) is 0 Å². The zero-order valence-electron chi connectivity index (χ0n) is 12.1. The fourth-order valence-electron chi connectivity index (χ4n) is 1.67. The molecule has 1 rings (SSSR count). The maximum atomic E-state index is 13.3. The van der Waals surface area contributed by atoms with Gasteiger partial charge in [-0.25, -0.2) is 4.39 Å². The van der Waals surface area contributed by atoms with E-state index in [0.717, 1.165) is 0 Å². The van der Waals surface area contributed by atoms with Crippen LogP contribution in [0.1, 0.15) is 19.4 Å². The lowest BCUT2D eigenvalue weighted by atomic mass is 10.2. The van der Waals surface area contributed by atoms with Crippen LogP contribution < -0.4 is 5.32 Å². The monoisotopic (exact) mass is 285 g/mol. The Bertz CT molecular complexity index is 376. The maximum Gasteiger partial charge on any atom is 0.128 e. The first kappa shape index (κ1) is 17.0. The smallest absolute Gasteiger partial charge is 0.128 e. The third-order valence-corrected chi connectivity index (χ3v) is 2.80. The van der Waals surface area contributed by atoms with Gasteiger partial charge in [-0.05, 0) is 19.9 Å². The van der Waals surface area contributed by atoms with Crippen molar-refractivity contribution in [3.8, 4) is 0 Å². The van der Waals surface area contributed by atoms with Crippen molar-refractivity contribution in [2.45, 2.75) is 32.6 Å². The standard InChI is InChI=1S/C15H24FNO3/c1-3-19-9-12(2)17-8-14(18)11-20-10-13-6-4-5-7-15(13)16/h4-7,12,14,17-18H,3,8-11H2,1-2H3. The number of halogens is 1. The Labute approximate surface area is 119 Å². The zero-order valence-corrected chi connectivity index (χ0v) is 12.1. The number of ether oxygens (including phenoxy) is 2. The molecule has 2 unspecified atom stereocenters. The largest absolute Gasteiger partial charge is 0.389 e. The Morgan fingerprint density at radius 3 is 2.70 bits per heavy atom. The second kappa shape index (κ2) is 9.83. The average molecular weight is 285 g/mol. The summed E-state index contributed by atoms with van der Waals surface area (Å²) < 4.78 is 23.9. The van der Waals surface area contributed by atoms with Gasteiger partial charge >= 0.3 is 0 Å². The summed E-state index contributed by atoms with van der Waals surface area (Å²) in [5.41, 5.74) is 0.498. The molecule has 0 aliphatic rings. The summed E-state index contributed by atoms with van der Waals surface area (Å²) in [6.45, 7) is 5.98. The predicted molar refractivity (Wildman–Crippen MR) is 76.0 cm³/mol. The van der Waals surface area contributed by atoms with Crippen molar-refractivity contribution in [3.63, 3.8) is 0 Å². The van der Waals surface area contributed by atoms with Gasteiger partial charge in [0.15, 0.2) is 0 Å². The van der Waals surface area contributed by atoms with Crippen molar-refractivity contribution in [3.05, 3.63) is 35.6 Å². The van der Waals surface area contributed by atoms with E-state index in [-0.39, 0.29) is 25.1 Å². The molecule has 20 heavy (non-hydrogen) atoms. The van der Waals surface area contributed by atoms with Gasteiger partial charge in [-0.15, -0.1) is 0 Å². The average Bonchev–Trinajstić information content (AvgIpc) is 2.45. The summed E-state index contributed by atoms with van der Waals surface area (Å²) in [5.74, 6) is -0.287. The Morgan fingerprint density at radius 2 is 2.00 bits per heavy atom. The molecule has 4 nitrogen and oxygen atoms in total. The summed E-state index contributed by atoms with van der Waals surface area (Å²) >= 11 is 0. The summed E-state index contributed by atoms with van der Waals surface area (Å²) in [7, 11) is 0. The molecule has 0 spiro atoms. The molecular formula is C15H24FNO3. The van der Waals surface area contributed by atoms with Gasteiger partial charge in [0.1, 0.15) is 5.82 Å². The molecule has 0 saturated carbocycles. The molecule has 0 aliphatic heterocycles. The van der Waals surface area contributed by atoms with Gasteiger partial charge in [-0.3, -0.25) is 0 Å². The van der Waals surface area contributed by atoms with E-state index in [2.05, 4.69) is 5.32 Å². The topological polar surface area (TPSA) is 50.7 Å². The SMILES string of the molecule is CCOCC(C)NCC(O)COCc1ccccc1F. The lowest BCUT2D eigenvalue weighted by molar-refractivity contribution is 0.0248. The Kier molecular flexibility index (Phi) is 8.37. The molecule has 0 amide bonds. The Morgan fingerprint density at radius 1 is 1.25 bits per heavy atom. The van der Waals surface area contributed by atoms with Crippen LogP contribution in [-0.2, 0) is 16.1 Å². The highest BCUT2D eigenvalue weighted by Crippen LogP contribution is 2.07. The number of aliphatic hydroxyl groups is 1. The molecule has 1 aromatic rings. The number of nitrogens with one attached hydrogen (secondary N) is 1. The third kappa shape index (κ3) is 6.96. The molecule has 5 heteroatoms. The van der Waals surface area contributed by atoms with Crippen molar-refractivity contribution in [2.24, 2.45) is 0 Å². The van der Waals surface area contributed by atoms with Crippen molar-refractivity contribution in [1.29, 1.82) is 0 Å². The van der Waals surface area contributed by atoms with Crippen molar-refractivity contribution in [1.82, 2.24) is 5.32 Å². The molecule has 0 aliphatic carbocycles. The van der Waals surface area contributed by atoms with Crippen molar-refractivity contribution in [2.75, 3.05) is 26.4 Å². The predicted octanol–water partition coefficient (Wildman–Crippen LogP) is 1.72. The number of hydrogen-bond acceptors (Lipinski definition) is 4. The van der Waals surface area contributed by atoms with Gasteiger partial charge in [-0.2, -0.15) is 0 Å². The third-order valence-electron chi connectivity index (χ3n) is 2.80. The molecular weight excluding hydrogens is 261 g/mol. The minimum atomic E-state index is -0.620. The van der Waals surface area contributed by atoms with E-state index in [4.69, 9.17) is 9.47 Å². The summed E-state index contributed by atoms with van der Waals surface area (Å²) in [6.07, 6.45) is -0.620. The molecule has 114 valence electrons. The summed E-state index contributed by atoms with van der Waals surface area (Å²) in [6, 6.07) is 6.64. The number of rotatable bonds is 10. The minimum absolute atomic E-state index is 0.165. The van der Waals surface area contributed by atoms with Gasteiger partial charge in [0.2, 0.25) is 0 Å². The highest BCUT2D eigenvalue weighted by Gasteiger charge is 2.08. The first-order valence-corrected chi connectivity index (χ1v) is 6.93. The van der Waals surface area contributed by atoms with Crippen LogP contribution in [0.15, 0.2) is 24.3 Å². The van der Waals surface area contributed by atoms with Crippen LogP contribution in [0, 0.1) is 5.82 Å². The van der Waals surface area contributed by atoms with Crippen molar-refractivity contribution < 1.29 is 19.0 Å². The van der Waals surface area contributed by atoms with Crippen LogP contribution >= 0.6 is 0 Å². The number of hydrogen-bond donors (Lipinski definition) is 2. The van der Waals surface area contributed by atoms with E-state index in [1.54, 1.807) is 18.2 Å². The molecule has 0 aromatic heterocycles. The van der Waals surface area contributed by atoms with Gasteiger partial charge in [0.25, 0.3) is 0 Å². The normalized spacial score (nSPS) is 14.2. The summed E-state index contributed by atoms with van der Waals surface area (Å²) in [4.78, 5) is 0. The first-order chi connectivity index (χ1) is 9.63. The molecule has 0 bridgehead atoms. The molecule has 2 N–H and O–H groups in total. The highest BCUT2D eigenvalue weighted by molar-refractivity contribution is 5.16. The van der Waals surface area contributed by atoms with Crippen LogP contribution in [0.3, 0.4) is 0 Å². The molecule has 2 atom stereocenters. The van der Waals surface area contributed by atoms with Crippen LogP contribution in [0.5, 0.6) is 0 Å². The van der Waals surface area contributed by atoms with Crippen LogP contribution in [0.2, 0.25) is 0 Å². The molecule has 0 heterocycles. The van der Waals surface area contributed by atoms with E-state index in [1.165, 1.54) is 6.07 Å². The van der Waals surface area contributed by atoms with E-state index in [1.807, 2.05) is 13.8 Å². The van der Waals surface area contributed by atoms with Crippen molar-refractivity contribution >= 4 is 0 Å². The summed E-state index contributed by atoms with van der Waals surface area (Å²) in [5, 5.41) is 12.9. The highest BCUT2D eigenvalue weighted by atomic mass is 19.1. The second-order valence-corrected chi connectivity index (χ2v) is 4.73. The van der Waals surface area contributed by atoms with E-state index in [9.17, 15) is 9.50 Å². The van der Waals surface area contributed by atoms with Gasteiger partial charge in [-0.1, -0.05) is 18.2 Å². The fourth-order valence-corrected chi connectivity index (χ4v) is 1.67. The fraction of sp³-hybridized carbons (Fsp3) is 0.600. The van der Waals surface area contributed by atoms with E-state index < -0.39 is 6.10 Å². The molecule has 1 aromatic carbocycles. The quantitative estimate of drug-likeness (QED) is 0.687. The van der Waals surface area contributed by atoms with E-state index >= 15 is 0 Å². The van der Waals surface area contributed by atoms with Crippen LogP contribution in [-0.4, -0.2) is 43.6 Å². The second-order valence-electron chi connectivity index (χ2n) is 4.73. The maximum absolute atomic E-state index is 13.3. The van der Waals surface area contributed by atoms with Gasteiger partial charge in [0.05, 0.1) is 25.9 Å². The molecule has 0 radical (unpaired) electrons. The number of benzene rings is 1. The number of aliphatic hydroxyl groups excluding tert-OH is 1. The Balaban J connectivity index is 2.14. The van der Waals surface area contributed by atoms with Gasteiger partial charge < -0.3 is 19.9 Å². The Hall–Kier alpha value is -1.01. The zero-order chi connectivity index (χ0) is 14.8. The lowest BCUT2D eigenvalue weighted by Gasteiger charge is -2.17. The first-order valence-electron chi connectivity index (χ1n) is 6.93. The van der Waals surface area contributed by atoms with E-state index in [0.29, 0.717) is 25.3 Å². The van der Waals surface area contributed by atoms with Crippen LogP contribution in [0.4, 0.5) is 4.39 Å². The molecule has 0 fully saturated rings. The lowest BCUT2D eigenvalue weighted by Crippen LogP contribution is -2.38. The molecule has 0 saturated heterocycles. The van der Waals surface area contributed by atoms with Gasteiger partial charge in [0, 0.05) is 24.8 Å².